The van der Waals surface area contributed by atoms with Crippen LogP contribution in [-0.2, 0) is 0 Å². The van der Waals surface area contributed by atoms with E-state index in [1.165, 1.54) is 0 Å². The summed E-state index contributed by atoms with van der Waals surface area (Å²) in [6.45, 7) is 3.58. The van der Waals surface area contributed by atoms with Gasteiger partial charge in [0.2, 0.25) is 0 Å². The van der Waals surface area contributed by atoms with Crippen molar-refractivity contribution in [3.05, 3.63) is 36.0 Å². The Morgan fingerprint density at radius 2 is 2.18 bits per heavy atom. The maximum absolute atomic E-state index is 12.0. The fraction of sp³-hybridized carbons (Fsp3) is 0.214. The van der Waals surface area contributed by atoms with Crippen molar-refractivity contribution < 1.29 is 4.79 Å². The van der Waals surface area contributed by atoms with Crippen molar-refractivity contribution >= 4 is 16.8 Å². The molecule has 1 aromatic carbocycles. The minimum Gasteiger partial charge on any atom is -0.361 e. The molecule has 1 aromatic heterocycles. The molecule has 17 heavy (non-hydrogen) atoms. The highest BCUT2D eigenvalue weighted by molar-refractivity contribution is 5.98. The molecule has 2 aromatic rings. The van der Waals surface area contributed by atoms with Crippen LogP contribution >= 0.6 is 0 Å². The molecular formula is C14H14N2O. The number of nitrogens with one attached hydrogen (secondary N) is 2. The lowest BCUT2D eigenvalue weighted by Crippen LogP contribution is -2.42. The number of H-pyrrole nitrogens is 1. The van der Waals surface area contributed by atoms with Gasteiger partial charge in [0.15, 0.2) is 0 Å². The van der Waals surface area contributed by atoms with E-state index in [9.17, 15) is 4.79 Å². The molecule has 0 saturated heterocycles. The standard InChI is InChI=1S/C14H14N2O/c1-4-14(2,3)16-13(17)11-5-6-12-10(9-11)7-8-15-12/h1,5-9,15H,2-3H3,(H,16,17). The number of aromatic nitrogens is 1. The predicted molar refractivity (Wildman–Crippen MR) is 68.7 cm³/mol. The Kier molecular flexibility index (Phi) is 2.64. The molecule has 0 aliphatic rings. The van der Waals surface area contributed by atoms with E-state index in [1.807, 2.05) is 24.4 Å². The average molecular weight is 226 g/mol. The summed E-state index contributed by atoms with van der Waals surface area (Å²) < 4.78 is 0. The van der Waals surface area contributed by atoms with E-state index in [0.29, 0.717) is 5.56 Å². The molecule has 3 heteroatoms. The molecular weight excluding hydrogens is 212 g/mol. The summed E-state index contributed by atoms with van der Waals surface area (Å²) in [4.78, 5) is 15.0. The fourth-order valence-corrected chi connectivity index (χ4v) is 1.59. The van der Waals surface area contributed by atoms with E-state index >= 15 is 0 Å². The second-order valence-corrected chi connectivity index (χ2v) is 4.50. The van der Waals surface area contributed by atoms with Crippen molar-refractivity contribution in [2.75, 3.05) is 0 Å². The summed E-state index contributed by atoms with van der Waals surface area (Å²) in [5.41, 5.74) is 0.989. The molecule has 0 aliphatic heterocycles. The zero-order chi connectivity index (χ0) is 12.5. The maximum Gasteiger partial charge on any atom is 0.252 e. The van der Waals surface area contributed by atoms with Gasteiger partial charge in [0.1, 0.15) is 0 Å². The summed E-state index contributed by atoms with van der Waals surface area (Å²) >= 11 is 0. The first-order chi connectivity index (χ1) is 8.02. The van der Waals surface area contributed by atoms with Crippen LogP contribution in [0.3, 0.4) is 0 Å². The van der Waals surface area contributed by atoms with Crippen LogP contribution < -0.4 is 5.32 Å². The van der Waals surface area contributed by atoms with Gasteiger partial charge in [-0.15, -0.1) is 6.42 Å². The lowest BCUT2D eigenvalue weighted by atomic mass is 10.1. The van der Waals surface area contributed by atoms with Gasteiger partial charge in [0.05, 0.1) is 5.54 Å². The van der Waals surface area contributed by atoms with Crippen molar-refractivity contribution in [1.29, 1.82) is 0 Å². The van der Waals surface area contributed by atoms with Gasteiger partial charge in [-0.2, -0.15) is 0 Å². The Labute approximate surface area is 100 Å². The Bertz CT molecular complexity index is 602. The molecule has 1 heterocycles. The molecule has 1 amide bonds. The molecule has 2 rings (SSSR count). The monoisotopic (exact) mass is 226 g/mol. The lowest BCUT2D eigenvalue weighted by molar-refractivity contribution is 0.0930. The normalized spacial score (nSPS) is 11.1. The minimum absolute atomic E-state index is 0.156. The molecule has 0 spiro atoms. The predicted octanol–water partition coefficient (Wildman–Crippen LogP) is 2.31. The van der Waals surface area contributed by atoms with E-state index in [-0.39, 0.29) is 5.91 Å². The maximum atomic E-state index is 12.0. The minimum atomic E-state index is -0.635. The second kappa shape index (κ2) is 3.99. The van der Waals surface area contributed by atoms with Gasteiger partial charge in [0.25, 0.3) is 5.91 Å². The van der Waals surface area contributed by atoms with Gasteiger partial charge in [0, 0.05) is 22.7 Å². The molecule has 3 nitrogen and oxygen atoms in total. The van der Waals surface area contributed by atoms with Crippen LogP contribution in [-0.4, -0.2) is 16.4 Å². The summed E-state index contributed by atoms with van der Waals surface area (Å²) in [5.74, 6) is 2.38. The highest BCUT2D eigenvalue weighted by atomic mass is 16.1. The molecule has 0 aliphatic carbocycles. The van der Waals surface area contributed by atoms with Crippen LogP contribution in [0.15, 0.2) is 30.5 Å². The van der Waals surface area contributed by atoms with Crippen LogP contribution in [0.25, 0.3) is 10.9 Å². The number of carbonyl (C=O) groups is 1. The molecule has 0 saturated carbocycles. The van der Waals surface area contributed by atoms with E-state index in [1.54, 1.807) is 19.9 Å². The summed E-state index contributed by atoms with van der Waals surface area (Å²) in [6.07, 6.45) is 7.18. The molecule has 0 unspecified atom stereocenters. The van der Waals surface area contributed by atoms with Crippen molar-refractivity contribution in [3.63, 3.8) is 0 Å². The zero-order valence-electron chi connectivity index (χ0n) is 9.87. The first kappa shape index (κ1) is 11.3. The Morgan fingerprint density at radius 3 is 2.88 bits per heavy atom. The van der Waals surface area contributed by atoms with Crippen molar-refractivity contribution in [1.82, 2.24) is 10.3 Å². The summed E-state index contributed by atoms with van der Waals surface area (Å²) in [6, 6.07) is 7.43. The van der Waals surface area contributed by atoms with Gasteiger partial charge in [-0.05, 0) is 38.1 Å². The number of benzene rings is 1. The van der Waals surface area contributed by atoms with Gasteiger partial charge in [-0.25, -0.2) is 0 Å². The van der Waals surface area contributed by atoms with Gasteiger partial charge in [-0.1, -0.05) is 5.92 Å². The van der Waals surface area contributed by atoms with Crippen molar-refractivity contribution in [2.45, 2.75) is 19.4 Å². The number of terminal acetylenes is 1. The van der Waals surface area contributed by atoms with E-state index in [0.717, 1.165) is 10.9 Å². The van der Waals surface area contributed by atoms with Crippen LogP contribution in [0.2, 0.25) is 0 Å². The summed E-state index contributed by atoms with van der Waals surface area (Å²) in [7, 11) is 0. The number of rotatable bonds is 2. The Hall–Kier alpha value is -2.21. The molecule has 0 bridgehead atoms. The third-order valence-electron chi connectivity index (χ3n) is 2.60. The van der Waals surface area contributed by atoms with Gasteiger partial charge >= 0.3 is 0 Å². The first-order valence-electron chi connectivity index (χ1n) is 5.39. The molecule has 2 N–H and O–H groups in total. The third-order valence-corrected chi connectivity index (χ3v) is 2.60. The topological polar surface area (TPSA) is 44.9 Å². The number of amides is 1. The van der Waals surface area contributed by atoms with Crippen LogP contribution in [0.1, 0.15) is 24.2 Å². The quantitative estimate of drug-likeness (QED) is 0.758. The Balaban J connectivity index is 2.28. The number of fused-ring (bicyclic) bond motifs is 1. The smallest absolute Gasteiger partial charge is 0.252 e. The fourth-order valence-electron chi connectivity index (χ4n) is 1.59. The highest BCUT2D eigenvalue weighted by Gasteiger charge is 2.18. The number of carbonyl (C=O) groups excluding carboxylic acids is 1. The lowest BCUT2D eigenvalue weighted by Gasteiger charge is -2.19. The highest BCUT2D eigenvalue weighted by Crippen LogP contribution is 2.14. The van der Waals surface area contributed by atoms with Crippen LogP contribution in [0, 0.1) is 12.3 Å². The number of hydrogen-bond acceptors (Lipinski definition) is 1. The summed E-state index contributed by atoms with van der Waals surface area (Å²) in [5, 5.41) is 3.80. The van der Waals surface area contributed by atoms with Gasteiger partial charge < -0.3 is 10.3 Å². The number of hydrogen-bond donors (Lipinski definition) is 2. The van der Waals surface area contributed by atoms with E-state index in [4.69, 9.17) is 6.42 Å². The van der Waals surface area contributed by atoms with Crippen LogP contribution in [0.4, 0.5) is 0 Å². The Morgan fingerprint density at radius 1 is 1.41 bits per heavy atom. The molecule has 86 valence electrons. The van der Waals surface area contributed by atoms with E-state index in [2.05, 4.69) is 16.2 Å². The number of aromatic amines is 1. The largest absolute Gasteiger partial charge is 0.361 e. The van der Waals surface area contributed by atoms with Gasteiger partial charge in [-0.3, -0.25) is 4.79 Å². The second-order valence-electron chi connectivity index (χ2n) is 4.50. The third kappa shape index (κ3) is 2.31. The van der Waals surface area contributed by atoms with Crippen LogP contribution in [0.5, 0.6) is 0 Å². The molecule has 0 fully saturated rings. The average Bonchev–Trinajstić information content (AvgIpc) is 2.75. The van der Waals surface area contributed by atoms with Crippen molar-refractivity contribution in [3.8, 4) is 12.3 Å². The first-order valence-corrected chi connectivity index (χ1v) is 5.39. The van der Waals surface area contributed by atoms with Crippen molar-refractivity contribution in [2.24, 2.45) is 0 Å². The zero-order valence-corrected chi connectivity index (χ0v) is 9.87. The van der Waals surface area contributed by atoms with E-state index < -0.39 is 5.54 Å². The molecule has 0 atom stereocenters. The molecule has 0 radical (unpaired) electrons. The SMILES string of the molecule is C#CC(C)(C)NC(=O)c1ccc2[nH]ccc2c1.